The molecule has 0 saturated carbocycles. The van der Waals surface area contributed by atoms with Crippen LogP contribution in [0.5, 0.6) is 0 Å². The minimum Gasteiger partial charge on any atom is -0.369 e. The van der Waals surface area contributed by atoms with Gasteiger partial charge in [-0.15, -0.1) is 0 Å². The largest absolute Gasteiger partial charge is 0.369 e. The third kappa shape index (κ3) is 3.92. The van der Waals surface area contributed by atoms with Gasteiger partial charge in [0.1, 0.15) is 0 Å². The highest BCUT2D eigenvalue weighted by Crippen LogP contribution is 2.10. The van der Waals surface area contributed by atoms with Crippen LogP contribution in [-0.4, -0.2) is 43.0 Å². The first-order valence-corrected chi connectivity index (χ1v) is 5.54. The molecule has 2 heteroatoms. The molecule has 0 radical (unpaired) electrons. The summed E-state index contributed by atoms with van der Waals surface area (Å²) in [6.07, 6.45) is 6.26. The predicted octanol–water partition coefficient (Wildman–Crippen LogP) is 2.27. The maximum absolute atomic E-state index is 3.88. The molecule has 1 saturated heterocycles. The lowest BCUT2D eigenvalue weighted by Gasteiger charge is -2.34. The van der Waals surface area contributed by atoms with E-state index in [1.54, 1.807) is 0 Å². The standard InChI is InChI=1S/C13H22N2/c1-5-13(7-6-12(2)3)15-10-8-14(4)9-11-15/h5-7H,1,8-11H2,2-4H3/b13-7+. The van der Waals surface area contributed by atoms with Crippen molar-refractivity contribution in [3.8, 4) is 0 Å². The fourth-order valence-corrected chi connectivity index (χ4v) is 1.62. The van der Waals surface area contributed by atoms with E-state index in [1.807, 2.05) is 6.08 Å². The van der Waals surface area contributed by atoms with Crippen molar-refractivity contribution in [2.45, 2.75) is 13.8 Å². The monoisotopic (exact) mass is 206 g/mol. The lowest BCUT2D eigenvalue weighted by molar-refractivity contribution is 0.190. The molecular weight excluding hydrogens is 184 g/mol. The van der Waals surface area contributed by atoms with Gasteiger partial charge in [-0.1, -0.05) is 18.2 Å². The SMILES string of the molecule is C=C/C(=C\C=C(C)C)N1CCN(C)CC1. The van der Waals surface area contributed by atoms with E-state index in [4.69, 9.17) is 0 Å². The summed E-state index contributed by atoms with van der Waals surface area (Å²) in [7, 11) is 2.17. The second-order valence-electron chi connectivity index (χ2n) is 4.33. The molecule has 0 aliphatic carbocycles. The summed E-state index contributed by atoms with van der Waals surface area (Å²) in [5.41, 5.74) is 2.56. The Labute approximate surface area is 93.6 Å². The average Bonchev–Trinajstić information content (AvgIpc) is 2.21. The quantitative estimate of drug-likeness (QED) is 0.654. The van der Waals surface area contributed by atoms with Gasteiger partial charge in [0.2, 0.25) is 0 Å². The number of nitrogens with zero attached hydrogens (tertiary/aromatic N) is 2. The topological polar surface area (TPSA) is 6.48 Å². The molecule has 1 aliphatic heterocycles. The number of allylic oxidation sites excluding steroid dienone is 4. The Hall–Kier alpha value is -1.02. The molecule has 0 N–H and O–H groups in total. The van der Waals surface area contributed by atoms with E-state index in [0.29, 0.717) is 0 Å². The lowest BCUT2D eigenvalue weighted by Crippen LogP contribution is -2.43. The van der Waals surface area contributed by atoms with Crippen molar-refractivity contribution in [2.75, 3.05) is 33.2 Å². The molecule has 1 aliphatic rings. The van der Waals surface area contributed by atoms with Crippen LogP contribution in [0.4, 0.5) is 0 Å². The van der Waals surface area contributed by atoms with E-state index in [-0.39, 0.29) is 0 Å². The van der Waals surface area contributed by atoms with E-state index >= 15 is 0 Å². The van der Waals surface area contributed by atoms with Crippen molar-refractivity contribution in [3.63, 3.8) is 0 Å². The smallest absolute Gasteiger partial charge is 0.0361 e. The van der Waals surface area contributed by atoms with Gasteiger partial charge in [0.15, 0.2) is 0 Å². The van der Waals surface area contributed by atoms with Crippen LogP contribution in [-0.2, 0) is 0 Å². The molecule has 0 aromatic carbocycles. The zero-order valence-corrected chi connectivity index (χ0v) is 10.2. The Balaban J connectivity index is 2.63. The molecule has 0 bridgehead atoms. The van der Waals surface area contributed by atoms with Gasteiger partial charge in [0.25, 0.3) is 0 Å². The number of hydrogen-bond acceptors (Lipinski definition) is 2. The number of rotatable bonds is 3. The van der Waals surface area contributed by atoms with Crippen LogP contribution in [0, 0.1) is 0 Å². The summed E-state index contributed by atoms with van der Waals surface area (Å²) < 4.78 is 0. The molecule has 1 rings (SSSR count). The second kappa shape index (κ2) is 5.76. The highest BCUT2D eigenvalue weighted by Gasteiger charge is 2.13. The van der Waals surface area contributed by atoms with Gasteiger partial charge in [-0.05, 0) is 33.0 Å². The fourth-order valence-electron chi connectivity index (χ4n) is 1.62. The van der Waals surface area contributed by atoms with Crippen molar-refractivity contribution in [1.82, 2.24) is 9.80 Å². The molecule has 1 heterocycles. The zero-order valence-electron chi connectivity index (χ0n) is 10.2. The van der Waals surface area contributed by atoms with Crippen LogP contribution >= 0.6 is 0 Å². The van der Waals surface area contributed by atoms with Crippen molar-refractivity contribution in [2.24, 2.45) is 0 Å². The maximum atomic E-state index is 3.88. The minimum atomic E-state index is 1.10. The molecule has 1 fully saturated rings. The Kier molecular flexibility index (Phi) is 4.63. The normalized spacial score (nSPS) is 18.9. The lowest BCUT2D eigenvalue weighted by atomic mass is 10.2. The third-order valence-corrected chi connectivity index (χ3v) is 2.66. The van der Waals surface area contributed by atoms with Crippen molar-refractivity contribution < 1.29 is 0 Å². The second-order valence-corrected chi connectivity index (χ2v) is 4.33. The fraction of sp³-hybridized carbons (Fsp3) is 0.538. The van der Waals surface area contributed by atoms with E-state index in [0.717, 1.165) is 26.2 Å². The average molecular weight is 206 g/mol. The predicted molar refractivity (Wildman–Crippen MR) is 66.8 cm³/mol. The van der Waals surface area contributed by atoms with E-state index in [9.17, 15) is 0 Å². The van der Waals surface area contributed by atoms with Crippen molar-refractivity contribution in [3.05, 3.63) is 36.1 Å². The molecular formula is C13H22N2. The molecule has 0 atom stereocenters. The first kappa shape index (κ1) is 12.1. The highest BCUT2D eigenvalue weighted by molar-refractivity contribution is 5.23. The number of hydrogen-bond donors (Lipinski definition) is 0. The highest BCUT2D eigenvalue weighted by atomic mass is 15.2. The Morgan fingerprint density at radius 1 is 1.07 bits per heavy atom. The molecule has 0 aromatic rings. The van der Waals surface area contributed by atoms with Crippen LogP contribution in [0.25, 0.3) is 0 Å². The molecule has 0 spiro atoms. The molecule has 0 aromatic heterocycles. The molecule has 84 valence electrons. The zero-order chi connectivity index (χ0) is 11.3. The van der Waals surface area contributed by atoms with Gasteiger partial charge in [0, 0.05) is 31.9 Å². The van der Waals surface area contributed by atoms with Gasteiger partial charge in [0.05, 0.1) is 0 Å². The van der Waals surface area contributed by atoms with Crippen LogP contribution in [0.15, 0.2) is 36.1 Å². The number of likely N-dealkylation sites (N-methyl/N-ethyl adjacent to an activating group) is 1. The van der Waals surface area contributed by atoms with E-state index < -0.39 is 0 Å². The van der Waals surface area contributed by atoms with Crippen molar-refractivity contribution in [1.29, 1.82) is 0 Å². The van der Waals surface area contributed by atoms with Gasteiger partial charge < -0.3 is 9.80 Å². The molecule has 0 unspecified atom stereocenters. The van der Waals surface area contributed by atoms with Crippen LogP contribution in [0.1, 0.15) is 13.8 Å². The first-order chi connectivity index (χ1) is 7.13. The summed E-state index contributed by atoms with van der Waals surface area (Å²) in [5, 5.41) is 0. The van der Waals surface area contributed by atoms with E-state index in [1.165, 1.54) is 11.3 Å². The maximum Gasteiger partial charge on any atom is 0.0361 e. The summed E-state index contributed by atoms with van der Waals surface area (Å²) in [6.45, 7) is 12.6. The summed E-state index contributed by atoms with van der Waals surface area (Å²) in [6, 6.07) is 0. The third-order valence-electron chi connectivity index (χ3n) is 2.66. The van der Waals surface area contributed by atoms with Gasteiger partial charge in [-0.3, -0.25) is 0 Å². The molecule has 15 heavy (non-hydrogen) atoms. The molecule has 2 nitrogen and oxygen atoms in total. The Morgan fingerprint density at radius 3 is 2.13 bits per heavy atom. The van der Waals surface area contributed by atoms with E-state index in [2.05, 4.69) is 49.4 Å². The minimum absolute atomic E-state index is 1.10. The summed E-state index contributed by atoms with van der Waals surface area (Å²) >= 11 is 0. The van der Waals surface area contributed by atoms with Gasteiger partial charge >= 0.3 is 0 Å². The summed E-state index contributed by atoms with van der Waals surface area (Å²) in [5.74, 6) is 0. The molecule has 0 amide bonds. The first-order valence-electron chi connectivity index (χ1n) is 5.54. The summed E-state index contributed by atoms with van der Waals surface area (Å²) in [4.78, 5) is 4.75. The Morgan fingerprint density at radius 2 is 1.67 bits per heavy atom. The van der Waals surface area contributed by atoms with Crippen molar-refractivity contribution >= 4 is 0 Å². The van der Waals surface area contributed by atoms with Crippen LogP contribution < -0.4 is 0 Å². The van der Waals surface area contributed by atoms with Gasteiger partial charge in [-0.25, -0.2) is 0 Å². The van der Waals surface area contributed by atoms with Crippen LogP contribution in [0.2, 0.25) is 0 Å². The van der Waals surface area contributed by atoms with Gasteiger partial charge in [-0.2, -0.15) is 0 Å². The number of piperazine rings is 1. The van der Waals surface area contributed by atoms with Crippen LogP contribution in [0.3, 0.4) is 0 Å². The Bertz CT molecular complexity index is 264.